The topological polar surface area (TPSA) is 87.2 Å². The van der Waals surface area contributed by atoms with Gasteiger partial charge in [0, 0.05) is 31.4 Å². The highest BCUT2D eigenvalue weighted by Gasteiger charge is 2.15. The monoisotopic (exact) mass is 371 g/mol. The van der Waals surface area contributed by atoms with Gasteiger partial charge in [-0.1, -0.05) is 30.3 Å². The van der Waals surface area contributed by atoms with Crippen LogP contribution in [0.5, 0.6) is 0 Å². The normalized spacial score (nSPS) is 11.1. The van der Waals surface area contributed by atoms with Gasteiger partial charge < -0.3 is 10.5 Å². The minimum atomic E-state index is -0.368. The van der Waals surface area contributed by atoms with Crippen molar-refractivity contribution < 1.29 is 9.53 Å². The molecular formula is C19H21N3O3S. The first-order chi connectivity index (χ1) is 12.6. The lowest BCUT2D eigenvalue weighted by Gasteiger charge is -2.11. The minimum absolute atomic E-state index is 0.0796. The van der Waals surface area contributed by atoms with Gasteiger partial charge >= 0.3 is 0 Å². The third kappa shape index (κ3) is 4.00. The summed E-state index contributed by atoms with van der Waals surface area (Å²) in [5.41, 5.74) is 6.19. The summed E-state index contributed by atoms with van der Waals surface area (Å²) in [7, 11) is 1.62. The lowest BCUT2D eigenvalue weighted by molar-refractivity contribution is -0.118. The van der Waals surface area contributed by atoms with E-state index in [-0.39, 0.29) is 17.9 Å². The number of thiophene rings is 1. The van der Waals surface area contributed by atoms with Crippen molar-refractivity contribution in [1.29, 1.82) is 0 Å². The fourth-order valence-corrected chi connectivity index (χ4v) is 3.87. The summed E-state index contributed by atoms with van der Waals surface area (Å²) in [5.74, 6) is 0.308. The zero-order chi connectivity index (χ0) is 18.5. The van der Waals surface area contributed by atoms with Crippen molar-refractivity contribution in [3.63, 3.8) is 0 Å². The van der Waals surface area contributed by atoms with E-state index in [9.17, 15) is 9.59 Å². The molecule has 2 N–H and O–H groups in total. The van der Waals surface area contributed by atoms with Crippen molar-refractivity contribution in [2.75, 3.05) is 13.7 Å². The summed E-state index contributed by atoms with van der Waals surface area (Å²) in [4.78, 5) is 30.5. The van der Waals surface area contributed by atoms with Crippen LogP contribution in [0.4, 0.5) is 0 Å². The van der Waals surface area contributed by atoms with E-state index in [0.29, 0.717) is 37.2 Å². The van der Waals surface area contributed by atoms with E-state index < -0.39 is 0 Å². The molecule has 3 rings (SSSR count). The van der Waals surface area contributed by atoms with Gasteiger partial charge in [-0.25, -0.2) is 4.98 Å². The Morgan fingerprint density at radius 3 is 2.77 bits per heavy atom. The van der Waals surface area contributed by atoms with Crippen LogP contribution in [-0.4, -0.2) is 29.2 Å². The Hall–Kier alpha value is -2.51. The Morgan fingerprint density at radius 2 is 2.08 bits per heavy atom. The maximum atomic E-state index is 13.0. The summed E-state index contributed by atoms with van der Waals surface area (Å²) in [5, 5.41) is 0.606. The lowest BCUT2D eigenvalue weighted by Crippen LogP contribution is -2.26. The van der Waals surface area contributed by atoms with Crippen molar-refractivity contribution in [3.8, 4) is 10.4 Å². The number of primary amides is 1. The molecule has 0 fully saturated rings. The number of carbonyl (C=O) groups excluding carboxylic acids is 1. The molecular weight excluding hydrogens is 350 g/mol. The van der Waals surface area contributed by atoms with E-state index in [1.165, 1.54) is 11.3 Å². The van der Waals surface area contributed by atoms with Crippen molar-refractivity contribution in [2.45, 2.75) is 25.8 Å². The number of amides is 1. The molecule has 2 aromatic heterocycles. The Bertz CT molecular complexity index is 963. The van der Waals surface area contributed by atoms with Crippen molar-refractivity contribution in [2.24, 2.45) is 5.73 Å². The van der Waals surface area contributed by atoms with Crippen LogP contribution >= 0.6 is 11.3 Å². The summed E-state index contributed by atoms with van der Waals surface area (Å²) in [6.45, 7) is 0.894. The van der Waals surface area contributed by atoms with Crippen LogP contribution in [0.3, 0.4) is 0 Å². The highest BCUT2D eigenvalue weighted by Crippen LogP contribution is 2.31. The van der Waals surface area contributed by atoms with Crippen molar-refractivity contribution in [3.05, 3.63) is 52.6 Å². The average molecular weight is 371 g/mol. The van der Waals surface area contributed by atoms with E-state index in [1.807, 2.05) is 36.4 Å². The number of ether oxygens (including phenoxy) is 1. The molecule has 1 aromatic carbocycles. The molecule has 0 bridgehead atoms. The van der Waals surface area contributed by atoms with E-state index in [1.54, 1.807) is 11.7 Å². The van der Waals surface area contributed by atoms with Crippen LogP contribution in [0.25, 0.3) is 20.7 Å². The van der Waals surface area contributed by atoms with Gasteiger partial charge in [0.15, 0.2) is 0 Å². The minimum Gasteiger partial charge on any atom is -0.384 e. The highest BCUT2D eigenvalue weighted by molar-refractivity contribution is 7.21. The molecule has 0 aliphatic rings. The summed E-state index contributed by atoms with van der Waals surface area (Å²) >= 11 is 1.51. The van der Waals surface area contributed by atoms with Crippen LogP contribution < -0.4 is 11.3 Å². The molecule has 7 heteroatoms. The predicted octanol–water partition coefficient (Wildman–Crippen LogP) is 2.58. The average Bonchev–Trinajstić information content (AvgIpc) is 3.07. The van der Waals surface area contributed by atoms with Crippen LogP contribution in [0, 0.1) is 0 Å². The number of fused-ring (bicyclic) bond motifs is 1. The smallest absolute Gasteiger partial charge is 0.262 e. The Kier molecular flexibility index (Phi) is 5.80. The molecule has 3 aromatic rings. The van der Waals surface area contributed by atoms with Gasteiger partial charge in [-0.05, 0) is 18.1 Å². The van der Waals surface area contributed by atoms with E-state index in [2.05, 4.69) is 0 Å². The van der Waals surface area contributed by atoms with Crippen LogP contribution in [0.1, 0.15) is 18.7 Å². The molecule has 0 aliphatic heterocycles. The highest BCUT2D eigenvalue weighted by atomic mass is 32.1. The molecule has 0 saturated carbocycles. The van der Waals surface area contributed by atoms with E-state index >= 15 is 0 Å². The van der Waals surface area contributed by atoms with Gasteiger partial charge in [-0.3, -0.25) is 14.2 Å². The number of hydrogen-bond acceptors (Lipinski definition) is 5. The quantitative estimate of drug-likeness (QED) is 0.659. The molecule has 6 nitrogen and oxygen atoms in total. The number of rotatable bonds is 8. The maximum absolute atomic E-state index is 13.0. The SMILES string of the molecule is COCCc1nc2sc(-c3ccccc3)cc2c(=O)n1CCCC(N)=O. The fourth-order valence-electron chi connectivity index (χ4n) is 2.83. The number of hydrogen-bond donors (Lipinski definition) is 1. The van der Waals surface area contributed by atoms with Gasteiger partial charge in [-0.15, -0.1) is 11.3 Å². The second-order valence-corrected chi connectivity index (χ2v) is 7.02. The van der Waals surface area contributed by atoms with Crippen molar-refractivity contribution in [1.82, 2.24) is 9.55 Å². The lowest BCUT2D eigenvalue weighted by atomic mass is 10.2. The zero-order valence-electron chi connectivity index (χ0n) is 14.6. The van der Waals surface area contributed by atoms with E-state index in [0.717, 1.165) is 15.3 Å². The predicted molar refractivity (Wildman–Crippen MR) is 103 cm³/mol. The molecule has 1 amide bonds. The first-order valence-electron chi connectivity index (χ1n) is 8.46. The summed E-state index contributed by atoms with van der Waals surface area (Å²) in [6.07, 6.45) is 1.29. The molecule has 136 valence electrons. The number of nitrogens with two attached hydrogens (primary N) is 1. The second-order valence-electron chi connectivity index (χ2n) is 5.99. The largest absolute Gasteiger partial charge is 0.384 e. The van der Waals surface area contributed by atoms with Crippen molar-refractivity contribution >= 4 is 27.5 Å². The van der Waals surface area contributed by atoms with Crippen LogP contribution in [-0.2, 0) is 22.5 Å². The molecule has 0 spiro atoms. The van der Waals surface area contributed by atoms with Gasteiger partial charge in [0.1, 0.15) is 10.7 Å². The first-order valence-corrected chi connectivity index (χ1v) is 9.27. The molecule has 0 unspecified atom stereocenters. The second kappa shape index (κ2) is 8.25. The molecule has 0 radical (unpaired) electrons. The first kappa shape index (κ1) is 18.3. The maximum Gasteiger partial charge on any atom is 0.262 e. The number of nitrogens with zero attached hydrogens (tertiary/aromatic N) is 2. The number of aromatic nitrogens is 2. The van der Waals surface area contributed by atoms with Gasteiger partial charge in [0.05, 0.1) is 12.0 Å². The van der Waals surface area contributed by atoms with Gasteiger partial charge in [0.2, 0.25) is 5.91 Å². The molecule has 2 heterocycles. The number of benzene rings is 1. The zero-order valence-corrected chi connectivity index (χ0v) is 15.4. The molecule has 0 atom stereocenters. The molecule has 26 heavy (non-hydrogen) atoms. The van der Waals surface area contributed by atoms with Crippen LogP contribution in [0.15, 0.2) is 41.2 Å². The number of methoxy groups -OCH3 is 1. The molecule has 0 aliphatic carbocycles. The summed E-state index contributed by atoms with van der Waals surface area (Å²) in [6, 6.07) is 11.8. The summed E-state index contributed by atoms with van der Waals surface area (Å²) < 4.78 is 6.79. The Balaban J connectivity index is 2.04. The fraction of sp³-hybridized carbons (Fsp3) is 0.316. The molecule has 0 saturated heterocycles. The van der Waals surface area contributed by atoms with E-state index in [4.69, 9.17) is 15.5 Å². The van der Waals surface area contributed by atoms with Crippen LogP contribution in [0.2, 0.25) is 0 Å². The Morgan fingerprint density at radius 1 is 1.31 bits per heavy atom. The van der Waals surface area contributed by atoms with Gasteiger partial charge in [-0.2, -0.15) is 0 Å². The third-order valence-electron chi connectivity index (χ3n) is 4.12. The van der Waals surface area contributed by atoms with Gasteiger partial charge in [0.25, 0.3) is 5.56 Å². The third-order valence-corrected chi connectivity index (χ3v) is 5.20. The standard InChI is InChI=1S/C19H21N3O3S/c1-25-11-9-17-21-18-14(19(24)22(17)10-5-8-16(20)23)12-15(26-18)13-6-3-2-4-7-13/h2-4,6-7,12H,5,8-11H2,1H3,(H2,20,23). The number of carbonyl (C=O) groups is 1. The Labute approximate surface area is 155 Å².